The molecule has 1 amide bonds. The number of carbonyl (C=O) groups excluding carboxylic acids is 1. The molecule has 126 valence electrons. The van der Waals surface area contributed by atoms with Crippen molar-refractivity contribution in [1.29, 1.82) is 0 Å². The monoisotopic (exact) mass is 344 g/mol. The van der Waals surface area contributed by atoms with Gasteiger partial charge in [-0.15, -0.1) is 0 Å². The highest BCUT2D eigenvalue weighted by Crippen LogP contribution is 2.56. The Morgan fingerprint density at radius 3 is 2.88 bits per heavy atom. The highest BCUT2D eigenvalue weighted by Gasteiger charge is 2.57. The molecule has 1 spiro atoms. The first kappa shape index (κ1) is 15.8. The third-order valence-corrected chi connectivity index (χ3v) is 6.12. The first-order valence-electron chi connectivity index (χ1n) is 8.46. The van der Waals surface area contributed by atoms with Gasteiger partial charge in [0, 0.05) is 18.2 Å². The van der Waals surface area contributed by atoms with Gasteiger partial charge in [-0.2, -0.15) is 11.3 Å². The summed E-state index contributed by atoms with van der Waals surface area (Å²) in [5, 5.41) is 7.52. The van der Waals surface area contributed by atoms with Crippen LogP contribution in [0.2, 0.25) is 0 Å². The van der Waals surface area contributed by atoms with Crippen molar-refractivity contribution in [3.05, 3.63) is 58.0 Å². The Labute approximate surface area is 145 Å². The smallest absolute Gasteiger partial charge is 0.254 e. The molecule has 1 aromatic heterocycles. The number of rotatable bonds is 4. The summed E-state index contributed by atoms with van der Waals surface area (Å²) in [7, 11) is 0. The molecule has 3 nitrogen and oxygen atoms in total. The molecule has 1 aromatic carbocycles. The van der Waals surface area contributed by atoms with Crippen LogP contribution in [0, 0.1) is 11.2 Å². The molecule has 1 saturated carbocycles. The molecular formula is C19H21FN2OS. The molecule has 1 unspecified atom stereocenters. The van der Waals surface area contributed by atoms with Crippen molar-refractivity contribution >= 4 is 17.2 Å². The average Bonchev–Trinajstić information content (AvgIpc) is 3.04. The molecule has 1 aliphatic heterocycles. The van der Waals surface area contributed by atoms with E-state index in [1.165, 1.54) is 12.1 Å². The molecule has 24 heavy (non-hydrogen) atoms. The van der Waals surface area contributed by atoms with Crippen LogP contribution in [0.4, 0.5) is 4.39 Å². The van der Waals surface area contributed by atoms with Crippen molar-refractivity contribution < 1.29 is 9.18 Å². The van der Waals surface area contributed by atoms with Gasteiger partial charge in [0.2, 0.25) is 0 Å². The average molecular weight is 344 g/mol. The van der Waals surface area contributed by atoms with E-state index in [4.69, 9.17) is 0 Å². The molecule has 2 fully saturated rings. The molecule has 1 saturated heterocycles. The van der Waals surface area contributed by atoms with Crippen LogP contribution in [0.5, 0.6) is 0 Å². The molecule has 2 aromatic rings. The number of halogens is 1. The number of piperidine rings is 1. The number of nitrogens with zero attached hydrogens (tertiary/aromatic N) is 1. The van der Waals surface area contributed by atoms with Gasteiger partial charge < -0.3 is 10.2 Å². The van der Waals surface area contributed by atoms with E-state index >= 15 is 0 Å². The minimum atomic E-state index is -0.358. The van der Waals surface area contributed by atoms with Crippen LogP contribution in [-0.4, -0.2) is 29.9 Å². The summed E-state index contributed by atoms with van der Waals surface area (Å²) in [5.41, 5.74) is 1.87. The largest absolute Gasteiger partial charge is 0.331 e. The number of benzene rings is 1. The number of hydrogen-bond donors (Lipinski definition) is 1. The van der Waals surface area contributed by atoms with Gasteiger partial charge in [0.1, 0.15) is 5.82 Å². The molecular weight excluding hydrogens is 323 g/mol. The SMILES string of the molecule is O=C(c1cccc(F)c1)N(Cc1ccsc1)C1CC12CCNCC2. The lowest BCUT2D eigenvalue weighted by Gasteiger charge is -2.29. The predicted molar refractivity (Wildman–Crippen MR) is 93.5 cm³/mol. The van der Waals surface area contributed by atoms with E-state index in [9.17, 15) is 9.18 Å². The Morgan fingerprint density at radius 1 is 1.33 bits per heavy atom. The van der Waals surface area contributed by atoms with E-state index in [-0.39, 0.29) is 23.2 Å². The van der Waals surface area contributed by atoms with Gasteiger partial charge in [-0.3, -0.25) is 4.79 Å². The van der Waals surface area contributed by atoms with Gasteiger partial charge >= 0.3 is 0 Å². The first-order chi connectivity index (χ1) is 11.7. The Hall–Kier alpha value is -1.72. The second-order valence-electron chi connectivity index (χ2n) is 6.91. The van der Waals surface area contributed by atoms with Crippen LogP contribution in [0.15, 0.2) is 41.1 Å². The normalized spacial score (nSPS) is 21.6. The first-order valence-corrected chi connectivity index (χ1v) is 9.41. The summed E-state index contributed by atoms with van der Waals surface area (Å²) < 4.78 is 13.6. The molecule has 1 N–H and O–H groups in total. The van der Waals surface area contributed by atoms with E-state index < -0.39 is 0 Å². The van der Waals surface area contributed by atoms with E-state index in [1.807, 2.05) is 10.3 Å². The van der Waals surface area contributed by atoms with Crippen molar-refractivity contribution in [3.8, 4) is 0 Å². The zero-order valence-electron chi connectivity index (χ0n) is 13.5. The van der Waals surface area contributed by atoms with Crippen LogP contribution < -0.4 is 5.32 Å². The highest BCUT2D eigenvalue weighted by atomic mass is 32.1. The fraction of sp³-hybridized carbons (Fsp3) is 0.421. The topological polar surface area (TPSA) is 32.3 Å². The number of thiophene rings is 1. The van der Waals surface area contributed by atoms with Crippen molar-refractivity contribution in [2.75, 3.05) is 13.1 Å². The summed E-state index contributed by atoms with van der Waals surface area (Å²) in [6.07, 6.45) is 3.31. The maximum absolute atomic E-state index is 13.6. The van der Waals surface area contributed by atoms with E-state index in [1.54, 1.807) is 23.5 Å². The van der Waals surface area contributed by atoms with E-state index in [0.717, 1.165) is 37.9 Å². The number of nitrogens with one attached hydrogen (secondary N) is 1. The zero-order chi connectivity index (χ0) is 16.6. The van der Waals surface area contributed by atoms with Crippen LogP contribution in [0.25, 0.3) is 0 Å². The Kier molecular flexibility index (Phi) is 4.14. The lowest BCUT2D eigenvalue weighted by atomic mass is 9.93. The van der Waals surface area contributed by atoms with Crippen molar-refractivity contribution in [3.63, 3.8) is 0 Å². The zero-order valence-corrected chi connectivity index (χ0v) is 14.3. The Balaban J connectivity index is 1.60. The third-order valence-electron chi connectivity index (χ3n) is 5.39. The third kappa shape index (κ3) is 2.98. The standard InChI is InChI=1S/C19H21FN2OS/c20-16-3-1-2-15(10-16)18(23)22(12-14-4-9-24-13-14)17-11-19(17)5-7-21-8-6-19/h1-4,9-10,13,17,21H,5-8,11-12H2. The maximum atomic E-state index is 13.6. The Bertz CT molecular complexity index is 725. The molecule has 4 rings (SSSR count). The van der Waals surface area contributed by atoms with Crippen molar-refractivity contribution in [2.45, 2.75) is 31.8 Å². The molecule has 1 aliphatic carbocycles. The number of hydrogen-bond acceptors (Lipinski definition) is 3. The quantitative estimate of drug-likeness (QED) is 0.918. The minimum absolute atomic E-state index is 0.0545. The Morgan fingerprint density at radius 2 is 2.17 bits per heavy atom. The van der Waals surface area contributed by atoms with Gasteiger partial charge in [0.15, 0.2) is 0 Å². The number of carbonyl (C=O) groups is 1. The molecule has 1 atom stereocenters. The fourth-order valence-corrected chi connectivity index (χ4v) is 4.58. The van der Waals surface area contributed by atoms with Crippen molar-refractivity contribution in [2.24, 2.45) is 5.41 Å². The van der Waals surface area contributed by atoms with Crippen LogP contribution in [0.1, 0.15) is 35.2 Å². The second kappa shape index (κ2) is 6.30. The van der Waals surface area contributed by atoms with Crippen molar-refractivity contribution in [1.82, 2.24) is 10.2 Å². The lowest BCUT2D eigenvalue weighted by Crippen LogP contribution is -2.39. The minimum Gasteiger partial charge on any atom is -0.331 e. The lowest BCUT2D eigenvalue weighted by molar-refractivity contribution is 0.0692. The summed E-state index contributed by atoms with van der Waals surface area (Å²) in [6.45, 7) is 2.66. The van der Waals surface area contributed by atoms with Gasteiger partial charge in [-0.1, -0.05) is 6.07 Å². The highest BCUT2D eigenvalue weighted by molar-refractivity contribution is 7.07. The van der Waals surface area contributed by atoms with Crippen LogP contribution >= 0.6 is 11.3 Å². The van der Waals surface area contributed by atoms with Gasteiger partial charge in [0.25, 0.3) is 5.91 Å². The molecule has 2 heterocycles. The van der Waals surface area contributed by atoms with Gasteiger partial charge in [-0.05, 0) is 78.4 Å². The molecule has 2 aliphatic rings. The molecule has 0 bridgehead atoms. The summed E-state index contributed by atoms with van der Waals surface area (Å²) in [6, 6.07) is 8.39. The fourth-order valence-electron chi connectivity index (χ4n) is 3.92. The van der Waals surface area contributed by atoms with E-state index in [2.05, 4.69) is 16.8 Å². The summed E-state index contributed by atoms with van der Waals surface area (Å²) >= 11 is 1.64. The second-order valence-corrected chi connectivity index (χ2v) is 7.69. The summed E-state index contributed by atoms with van der Waals surface area (Å²) in [5.74, 6) is -0.412. The number of amides is 1. The molecule has 5 heteroatoms. The van der Waals surface area contributed by atoms with Gasteiger partial charge in [-0.25, -0.2) is 4.39 Å². The van der Waals surface area contributed by atoms with Gasteiger partial charge in [0.05, 0.1) is 0 Å². The maximum Gasteiger partial charge on any atom is 0.254 e. The van der Waals surface area contributed by atoms with E-state index in [0.29, 0.717) is 12.1 Å². The predicted octanol–water partition coefficient (Wildman–Crippen LogP) is 3.67. The summed E-state index contributed by atoms with van der Waals surface area (Å²) in [4.78, 5) is 15.1. The molecule has 0 radical (unpaired) electrons. The van der Waals surface area contributed by atoms with Crippen LogP contribution in [-0.2, 0) is 6.54 Å². The van der Waals surface area contributed by atoms with Crippen LogP contribution in [0.3, 0.4) is 0 Å².